The molecule has 0 aliphatic heterocycles. The SMILES string of the molecule is C=CC1CCC(/C=C/CCC2CCC(C)CC2)CC1. The van der Waals surface area contributed by atoms with Crippen LogP contribution in [0.3, 0.4) is 0 Å². The third-order valence-corrected chi connectivity index (χ3v) is 5.44. The lowest BCUT2D eigenvalue weighted by atomic mass is 9.80. The monoisotopic (exact) mass is 260 g/mol. The van der Waals surface area contributed by atoms with Crippen LogP contribution in [0.2, 0.25) is 0 Å². The molecule has 0 saturated heterocycles. The Labute approximate surface area is 120 Å². The zero-order valence-corrected chi connectivity index (χ0v) is 12.8. The standard InChI is InChI=1S/C19H32/c1-3-17-12-14-19(15-13-17)7-5-4-6-18-10-8-16(2)9-11-18/h3,5,7,16-19H,1,4,6,8-15H2,2H3/b7-5+. The lowest BCUT2D eigenvalue weighted by Gasteiger charge is -2.26. The van der Waals surface area contributed by atoms with Crippen LogP contribution in [0.15, 0.2) is 24.8 Å². The van der Waals surface area contributed by atoms with Gasteiger partial charge in [0.05, 0.1) is 0 Å². The minimum absolute atomic E-state index is 0.800. The molecule has 2 rings (SSSR count). The van der Waals surface area contributed by atoms with E-state index in [9.17, 15) is 0 Å². The Morgan fingerprint density at radius 1 is 0.895 bits per heavy atom. The second-order valence-corrected chi connectivity index (χ2v) is 7.04. The van der Waals surface area contributed by atoms with Gasteiger partial charge in [-0.3, -0.25) is 0 Å². The molecule has 0 amide bonds. The van der Waals surface area contributed by atoms with Crippen LogP contribution < -0.4 is 0 Å². The Morgan fingerprint density at radius 3 is 2.16 bits per heavy atom. The van der Waals surface area contributed by atoms with Crippen molar-refractivity contribution < 1.29 is 0 Å². The summed E-state index contributed by atoms with van der Waals surface area (Å²) in [6, 6.07) is 0. The minimum atomic E-state index is 0.800. The average molecular weight is 260 g/mol. The summed E-state index contributed by atoms with van der Waals surface area (Å²) >= 11 is 0. The smallest absolute Gasteiger partial charge is 0.0233 e. The van der Waals surface area contributed by atoms with Crippen molar-refractivity contribution in [3.8, 4) is 0 Å². The molecule has 0 nitrogen and oxygen atoms in total. The maximum Gasteiger partial charge on any atom is -0.0233 e. The highest BCUT2D eigenvalue weighted by atomic mass is 14.2. The molecule has 19 heavy (non-hydrogen) atoms. The van der Waals surface area contributed by atoms with Crippen LogP contribution in [0.25, 0.3) is 0 Å². The van der Waals surface area contributed by atoms with E-state index in [2.05, 4.69) is 31.7 Å². The molecule has 108 valence electrons. The summed E-state index contributed by atoms with van der Waals surface area (Å²) in [5, 5.41) is 0. The number of hydrogen-bond acceptors (Lipinski definition) is 0. The molecular formula is C19H32. The Bertz CT molecular complexity index is 272. The molecule has 0 spiro atoms. The van der Waals surface area contributed by atoms with Crippen molar-refractivity contribution in [3.63, 3.8) is 0 Å². The van der Waals surface area contributed by atoms with Gasteiger partial charge < -0.3 is 0 Å². The molecule has 0 radical (unpaired) electrons. The minimum Gasteiger partial charge on any atom is -0.103 e. The molecule has 0 atom stereocenters. The van der Waals surface area contributed by atoms with E-state index >= 15 is 0 Å². The normalized spacial score (nSPS) is 36.5. The van der Waals surface area contributed by atoms with E-state index in [0.717, 1.165) is 23.7 Å². The molecule has 2 aliphatic rings. The van der Waals surface area contributed by atoms with Crippen LogP contribution in [0.5, 0.6) is 0 Å². The fourth-order valence-corrected chi connectivity index (χ4v) is 3.81. The molecule has 2 fully saturated rings. The van der Waals surface area contributed by atoms with Crippen molar-refractivity contribution in [2.24, 2.45) is 23.7 Å². The van der Waals surface area contributed by atoms with Gasteiger partial charge in [-0.15, -0.1) is 6.58 Å². The van der Waals surface area contributed by atoms with Crippen molar-refractivity contribution >= 4 is 0 Å². The fraction of sp³-hybridized carbons (Fsp3) is 0.789. The third kappa shape index (κ3) is 5.16. The molecule has 0 aromatic heterocycles. The molecule has 0 heteroatoms. The Morgan fingerprint density at radius 2 is 1.53 bits per heavy atom. The van der Waals surface area contributed by atoms with E-state index in [0.29, 0.717) is 0 Å². The van der Waals surface area contributed by atoms with Gasteiger partial charge in [-0.05, 0) is 62.2 Å². The first-order chi connectivity index (χ1) is 9.28. The summed E-state index contributed by atoms with van der Waals surface area (Å²) in [5.74, 6) is 3.68. The number of hydrogen-bond donors (Lipinski definition) is 0. The van der Waals surface area contributed by atoms with Crippen molar-refractivity contribution in [1.82, 2.24) is 0 Å². The van der Waals surface area contributed by atoms with Gasteiger partial charge >= 0.3 is 0 Å². The average Bonchev–Trinajstić information content (AvgIpc) is 2.46. The lowest BCUT2D eigenvalue weighted by Crippen LogP contribution is -2.12. The van der Waals surface area contributed by atoms with Crippen molar-refractivity contribution in [3.05, 3.63) is 24.8 Å². The summed E-state index contributed by atoms with van der Waals surface area (Å²) in [6.07, 6.45) is 21.3. The van der Waals surface area contributed by atoms with Gasteiger partial charge in [-0.2, -0.15) is 0 Å². The first kappa shape index (κ1) is 14.9. The van der Waals surface area contributed by atoms with E-state index in [1.165, 1.54) is 64.2 Å². The van der Waals surface area contributed by atoms with E-state index in [-0.39, 0.29) is 0 Å². The van der Waals surface area contributed by atoms with Gasteiger partial charge in [0, 0.05) is 0 Å². The molecule has 0 aromatic carbocycles. The summed E-state index contributed by atoms with van der Waals surface area (Å²) in [5.41, 5.74) is 0. The van der Waals surface area contributed by atoms with Gasteiger partial charge in [-0.25, -0.2) is 0 Å². The molecule has 0 aromatic rings. The van der Waals surface area contributed by atoms with Gasteiger partial charge in [0.2, 0.25) is 0 Å². The maximum atomic E-state index is 3.92. The third-order valence-electron chi connectivity index (χ3n) is 5.44. The summed E-state index contributed by atoms with van der Waals surface area (Å²) < 4.78 is 0. The summed E-state index contributed by atoms with van der Waals surface area (Å²) in [4.78, 5) is 0. The molecule has 0 heterocycles. The largest absolute Gasteiger partial charge is 0.103 e. The number of allylic oxidation sites excluding steroid dienone is 3. The van der Waals surface area contributed by atoms with Crippen molar-refractivity contribution in [1.29, 1.82) is 0 Å². The second-order valence-electron chi connectivity index (χ2n) is 7.04. The van der Waals surface area contributed by atoms with E-state index in [1.807, 2.05) is 0 Å². The Balaban J connectivity index is 1.58. The van der Waals surface area contributed by atoms with Crippen LogP contribution in [0.1, 0.15) is 71.1 Å². The second kappa shape index (κ2) is 7.92. The highest BCUT2D eigenvalue weighted by Crippen LogP contribution is 2.32. The fourth-order valence-electron chi connectivity index (χ4n) is 3.81. The van der Waals surface area contributed by atoms with E-state index in [4.69, 9.17) is 0 Å². The molecular weight excluding hydrogens is 228 g/mol. The predicted octanol–water partition coefficient (Wildman–Crippen LogP) is 6.14. The molecule has 2 saturated carbocycles. The molecule has 0 unspecified atom stereocenters. The first-order valence-corrected chi connectivity index (χ1v) is 8.57. The first-order valence-electron chi connectivity index (χ1n) is 8.57. The van der Waals surface area contributed by atoms with Gasteiger partial charge in [0.25, 0.3) is 0 Å². The van der Waals surface area contributed by atoms with Crippen molar-refractivity contribution in [2.45, 2.75) is 71.1 Å². The van der Waals surface area contributed by atoms with Gasteiger partial charge in [-0.1, -0.05) is 50.8 Å². The number of rotatable bonds is 5. The van der Waals surface area contributed by atoms with Gasteiger partial charge in [0.15, 0.2) is 0 Å². The van der Waals surface area contributed by atoms with Crippen LogP contribution >= 0.6 is 0 Å². The quantitative estimate of drug-likeness (QED) is 0.521. The Kier molecular flexibility index (Phi) is 6.20. The van der Waals surface area contributed by atoms with Crippen LogP contribution in [-0.2, 0) is 0 Å². The van der Waals surface area contributed by atoms with E-state index in [1.54, 1.807) is 0 Å². The van der Waals surface area contributed by atoms with E-state index < -0.39 is 0 Å². The zero-order valence-electron chi connectivity index (χ0n) is 12.8. The highest BCUT2D eigenvalue weighted by Gasteiger charge is 2.18. The maximum absolute atomic E-state index is 3.92. The van der Waals surface area contributed by atoms with Crippen molar-refractivity contribution in [2.75, 3.05) is 0 Å². The van der Waals surface area contributed by atoms with Crippen LogP contribution in [-0.4, -0.2) is 0 Å². The molecule has 2 aliphatic carbocycles. The topological polar surface area (TPSA) is 0 Å². The zero-order chi connectivity index (χ0) is 13.5. The molecule has 0 N–H and O–H groups in total. The Hall–Kier alpha value is -0.520. The van der Waals surface area contributed by atoms with Gasteiger partial charge in [0.1, 0.15) is 0 Å². The summed E-state index contributed by atoms with van der Waals surface area (Å²) in [7, 11) is 0. The summed E-state index contributed by atoms with van der Waals surface area (Å²) in [6.45, 7) is 6.34. The molecule has 0 bridgehead atoms. The highest BCUT2D eigenvalue weighted by molar-refractivity contribution is 4.94. The van der Waals surface area contributed by atoms with Crippen LogP contribution in [0.4, 0.5) is 0 Å². The predicted molar refractivity (Wildman–Crippen MR) is 85.1 cm³/mol. The lowest BCUT2D eigenvalue weighted by molar-refractivity contribution is 0.278. The van der Waals surface area contributed by atoms with Crippen LogP contribution in [0, 0.1) is 23.7 Å².